The second-order valence-electron chi connectivity index (χ2n) is 5.55. The molecule has 0 radical (unpaired) electrons. The molecule has 1 aromatic rings. The van der Waals surface area contributed by atoms with E-state index in [1.807, 2.05) is 30.3 Å². The Morgan fingerprint density at radius 1 is 1.32 bits per heavy atom. The predicted molar refractivity (Wildman–Crippen MR) is 84.5 cm³/mol. The van der Waals surface area contributed by atoms with Gasteiger partial charge in [0.25, 0.3) is 0 Å². The molecule has 1 N–H and O–H groups in total. The van der Waals surface area contributed by atoms with Gasteiger partial charge in [-0.3, -0.25) is 0 Å². The van der Waals surface area contributed by atoms with Crippen molar-refractivity contribution in [3.8, 4) is 0 Å². The number of carboxylic acids is 1. The molecule has 0 spiro atoms. The van der Waals surface area contributed by atoms with E-state index in [1.54, 1.807) is 20.8 Å². The Balaban J connectivity index is 2.63. The number of hydrogen-bond donors (Lipinski definition) is 1. The van der Waals surface area contributed by atoms with Crippen molar-refractivity contribution in [2.75, 3.05) is 5.75 Å². The molecule has 1 atom stereocenters. The van der Waals surface area contributed by atoms with Gasteiger partial charge in [0, 0.05) is 10.6 Å². The van der Waals surface area contributed by atoms with Gasteiger partial charge in [0.05, 0.1) is 12.0 Å². The van der Waals surface area contributed by atoms with Gasteiger partial charge in [0.1, 0.15) is 5.60 Å². The summed E-state index contributed by atoms with van der Waals surface area (Å²) in [5.41, 5.74) is -0.612. The summed E-state index contributed by atoms with van der Waals surface area (Å²) in [5, 5.41) is 13.2. The van der Waals surface area contributed by atoms with Crippen LogP contribution in [0.25, 0.3) is 0 Å². The van der Waals surface area contributed by atoms with Crippen molar-refractivity contribution in [3.63, 3.8) is 0 Å². The predicted octanol–water partition coefficient (Wildman–Crippen LogP) is 1.98. The first-order chi connectivity index (χ1) is 10.3. The lowest BCUT2D eigenvalue weighted by Crippen LogP contribution is -2.39. The largest absolute Gasteiger partial charge is 0.545 e. The second-order valence-corrected chi connectivity index (χ2v) is 6.65. The smallest absolute Gasteiger partial charge is 0.408 e. The summed E-state index contributed by atoms with van der Waals surface area (Å²) in [6.07, 6.45) is 1.71. The van der Waals surface area contributed by atoms with Gasteiger partial charge in [-0.2, -0.15) is 0 Å². The molecule has 1 rings (SSSR count). The van der Waals surface area contributed by atoms with Crippen molar-refractivity contribution in [3.05, 3.63) is 42.5 Å². The molecule has 1 amide bonds. The van der Waals surface area contributed by atoms with Gasteiger partial charge in [-0.25, -0.2) is 4.79 Å². The molecule has 0 aliphatic carbocycles. The van der Waals surface area contributed by atoms with Crippen LogP contribution in [0, 0.1) is 0 Å². The Morgan fingerprint density at radius 2 is 1.95 bits per heavy atom. The van der Waals surface area contributed by atoms with Crippen LogP contribution in [-0.4, -0.2) is 29.5 Å². The zero-order valence-corrected chi connectivity index (χ0v) is 13.7. The molecule has 0 heterocycles. The minimum atomic E-state index is -1.30. The summed E-state index contributed by atoms with van der Waals surface area (Å²) in [4.78, 5) is 23.4. The van der Waals surface area contributed by atoms with Gasteiger partial charge in [-0.1, -0.05) is 24.3 Å². The van der Waals surface area contributed by atoms with Crippen LogP contribution in [0.2, 0.25) is 0 Å². The van der Waals surface area contributed by atoms with Gasteiger partial charge in [-0.15, -0.1) is 11.8 Å². The third-order valence-electron chi connectivity index (χ3n) is 2.34. The van der Waals surface area contributed by atoms with Crippen molar-refractivity contribution in [1.29, 1.82) is 0 Å². The van der Waals surface area contributed by atoms with Crippen molar-refractivity contribution in [1.82, 2.24) is 5.32 Å². The molecular weight excluding hydrogens is 302 g/mol. The molecule has 0 fully saturated rings. The van der Waals surface area contributed by atoms with E-state index in [0.717, 1.165) is 11.0 Å². The van der Waals surface area contributed by atoms with E-state index in [-0.39, 0.29) is 0 Å². The Bertz CT molecular complexity index is 523. The first-order valence-electron chi connectivity index (χ1n) is 6.83. The van der Waals surface area contributed by atoms with Crippen LogP contribution in [0.5, 0.6) is 0 Å². The number of benzene rings is 1. The minimum absolute atomic E-state index is 0.474. The molecule has 0 aromatic heterocycles. The van der Waals surface area contributed by atoms with Crippen LogP contribution >= 0.6 is 11.8 Å². The van der Waals surface area contributed by atoms with Crippen LogP contribution in [0.3, 0.4) is 0 Å². The zero-order valence-electron chi connectivity index (χ0n) is 12.9. The Hall–Kier alpha value is -1.95. The monoisotopic (exact) mass is 322 g/mol. The summed E-state index contributed by atoms with van der Waals surface area (Å²) in [6.45, 7) is 5.28. The molecule has 0 aliphatic rings. The number of alkyl carbamates (subject to hydrolysis) is 1. The number of thioether (sulfide) groups is 1. The normalized spacial score (nSPS) is 12.9. The van der Waals surface area contributed by atoms with E-state index >= 15 is 0 Å². The highest BCUT2D eigenvalue weighted by Crippen LogP contribution is 2.18. The quantitative estimate of drug-likeness (QED) is 0.640. The zero-order chi connectivity index (χ0) is 16.6. The van der Waals surface area contributed by atoms with Crippen LogP contribution in [-0.2, 0) is 9.53 Å². The van der Waals surface area contributed by atoms with E-state index in [4.69, 9.17) is 4.74 Å². The minimum Gasteiger partial charge on any atom is -0.545 e. The summed E-state index contributed by atoms with van der Waals surface area (Å²) < 4.78 is 5.17. The molecule has 0 aliphatic heterocycles. The number of carboxylic acid groups (broad SMARTS) is 1. The maximum atomic E-state index is 11.8. The van der Waals surface area contributed by atoms with Crippen LogP contribution in [0.15, 0.2) is 47.4 Å². The van der Waals surface area contributed by atoms with Crippen LogP contribution < -0.4 is 10.4 Å². The number of amides is 1. The van der Waals surface area contributed by atoms with Crippen molar-refractivity contribution in [2.24, 2.45) is 0 Å². The highest BCUT2D eigenvalue weighted by atomic mass is 32.2. The van der Waals surface area contributed by atoms with E-state index in [9.17, 15) is 14.7 Å². The summed E-state index contributed by atoms with van der Waals surface area (Å²) in [5.74, 6) is -0.826. The van der Waals surface area contributed by atoms with Crippen molar-refractivity contribution < 1.29 is 19.4 Å². The molecule has 6 heteroatoms. The topological polar surface area (TPSA) is 78.5 Å². The molecule has 0 bridgehead atoms. The average Bonchev–Trinajstić information content (AvgIpc) is 2.41. The number of aliphatic carboxylic acids is 1. The highest BCUT2D eigenvalue weighted by Gasteiger charge is 2.18. The Morgan fingerprint density at radius 3 is 2.50 bits per heavy atom. The van der Waals surface area contributed by atoms with E-state index in [2.05, 4.69) is 5.32 Å². The molecule has 22 heavy (non-hydrogen) atoms. The molecule has 1 aromatic carbocycles. The Labute approximate surface area is 134 Å². The molecule has 5 nitrogen and oxygen atoms in total. The van der Waals surface area contributed by atoms with Gasteiger partial charge in [0.15, 0.2) is 0 Å². The lowest BCUT2D eigenvalue weighted by atomic mass is 10.2. The fraction of sp³-hybridized carbons (Fsp3) is 0.375. The third kappa shape index (κ3) is 8.36. The molecule has 1 unspecified atom stereocenters. The fourth-order valence-corrected chi connectivity index (χ4v) is 2.42. The van der Waals surface area contributed by atoms with Gasteiger partial charge in [0.2, 0.25) is 0 Å². The van der Waals surface area contributed by atoms with Crippen molar-refractivity contribution >= 4 is 23.8 Å². The number of ether oxygens (including phenoxy) is 1. The van der Waals surface area contributed by atoms with E-state index in [0.29, 0.717) is 5.75 Å². The van der Waals surface area contributed by atoms with Crippen molar-refractivity contribution in [2.45, 2.75) is 37.3 Å². The third-order valence-corrected chi connectivity index (χ3v) is 3.47. The Kier molecular flexibility index (Phi) is 6.98. The summed E-state index contributed by atoms with van der Waals surface area (Å²) >= 11 is 1.51. The van der Waals surface area contributed by atoms with Crippen LogP contribution in [0.1, 0.15) is 20.8 Å². The maximum Gasteiger partial charge on any atom is 0.408 e. The number of carbonyl (C=O) groups is 2. The molecule has 0 saturated heterocycles. The number of carbonyl (C=O) groups excluding carboxylic acids is 2. The summed E-state index contributed by atoms with van der Waals surface area (Å²) in [6, 6.07) is 9.15. The first kappa shape index (κ1) is 18.1. The first-order valence-corrected chi connectivity index (χ1v) is 7.81. The lowest BCUT2D eigenvalue weighted by molar-refractivity contribution is -0.297. The highest BCUT2D eigenvalue weighted by molar-refractivity contribution is 7.99. The van der Waals surface area contributed by atoms with E-state index in [1.165, 1.54) is 17.8 Å². The maximum absolute atomic E-state index is 11.8. The fourth-order valence-electron chi connectivity index (χ4n) is 1.50. The average molecular weight is 322 g/mol. The number of nitrogens with one attached hydrogen (secondary N) is 1. The standard InChI is InChI=1S/C16H21NO4S/c1-16(2,3)21-15(20)17-12(9-10-14(18)19)11-22-13-7-5-4-6-8-13/h4-10,12H,11H2,1-3H3,(H,17,20)(H,18,19)/p-1/b10-9+. The van der Waals surface area contributed by atoms with Crippen LogP contribution in [0.4, 0.5) is 4.79 Å². The summed E-state index contributed by atoms with van der Waals surface area (Å²) in [7, 11) is 0. The van der Waals surface area contributed by atoms with Gasteiger partial charge >= 0.3 is 6.09 Å². The SMILES string of the molecule is CC(C)(C)OC(=O)NC(/C=C/C(=O)[O-])CSc1ccccc1. The number of rotatable bonds is 6. The number of hydrogen-bond acceptors (Lipinski definition) is 5. The molecule has 0 saturated carbocycles. The second kappa shape index (κ2) is 8.48. The lowest BCUT2D eigenvalue weighted by Gasteiger charge is -2.22. The van der Waals surface area contributed by atoms with E-state index < -0.39 is 23.7 Å². The molecule has 120 valence electrons. The molecular formula is C16H20NO4S-. The van der Waals surface area contributed by atoms with Gasteiger partial charge < -0.3 is 20.0 Å². The van der Waals surface area contributed by atoms with Gasteiger partial charge in [-0.05, 0) is 39.0 Å².